The van der Waals surface area contributed by atoms with Gasteiger partial charge in [-0.2, -0.15) is 0 Å². The van der Waals surface area contributed by atoms with Crippen molar-refractivity contribution >= 4 is 29.7 Å². The van der Waals surface area contributed by atoms with Crippen molar-refractivity contribution in [2.75, 3.05) is 37.6 Å². The molecule has 0 atom stereocenters. The average Bonchev–Trinajstić information content (AvgIpc) is 2.69. The van der Waals surface area contributed by atoms with Gasteiger partial charge in [0.1, 0.15) is 0 Å². The number of nitrogens with one attached hydrogen (secondary N) is 1. The predicted octanol–water partition coefficient (Wildman–Crippen LogP) is 4.51. The van der Waals surface area contributed by atoms with Gasteiger partial charge in [0.15, 0.2) is 0 Å². The van der Waals surface area contributed by atoms with Crippen LogP contribution in [-0.4, -0.2) is 42.6 Å². The number of aromatic amines is 1. The fourth-order valence-electron chi connectivity index (χ4n) is 3.54. The van der Waals surface area contributed by atoms with E-state index >= 15 is 0 Å². The van der Waals surface area contributed by atoms with Crippen molar-refractivity contribution in [2.24, 2.45) is 0 Å². The van der Waals surface area contributed by atoms with Gasteiger partial charge in [-0.3, -0.25) is 9.69 Å². The molecule has 1 aromatic heterocycles. The molecule has 1 aliphatic rings. The lowest BCUT2D eigenvalue weighted by atomic mass is 10.1. The molecule has 0 amide bonds. The van der Waals surface area contributed by atoms with Crippen LogP contribution < -0.4 is 10.5 Å². The van der Waals surface area contributed by atoms with E-state index in [9.17, 15) is 4.79 Å². The van der Waals surface area contributed by atoms with Gasteiger partial charge in [-0.15, -0.1) is 24.0 Å². The minimum atomic E-state index is -0.104. The number of benzene rings is 1. The highest BCUT2D eigenvalue weighted by molar-refractivity contribution is 6.17. The van der Waals surface area contributed by atoms with E-state index in [0.717, 1.165) is 37.4 Å². The van der Waals surface area contributed by atoms with E-state index in [1.54, 1.807) is 0 Å². The second-order valence-electron chi connectivity index (χ2n) is 6.91. The summed E-state index contributed by atoms with van der Waals surface area (Å²) in [5.74, 6) is 0.233. The standard InChI is InChI=1S/C21H28ClN3O.ClH/c1-2-3-6-11-24-12-14-25(15-13-24)20-8-5-4-7-18(20)19-10-9-17(16-22)21(26)23-19;/h4-5,7-10H,2-3,6,11-16H2,1H3,(H,23,26);1H. The first-order chi connectivity index (χ1) is 12.7. The third kappa shape index (κ3) is 5.50. The summed E-state index contributed by atoms with van der Waals surface area (Å²) in [5.41, 5.74) is 3.62. The summed E-state index contributed by atoms with van der Waals surface area (Å²) < 4.78 is 0. The number of hydrogen-bond donors (Lipinski definition) is 1. The number of H-pyrrole nitrogens is 1. The monoisotopic (exact) mass is 409 g/mol. The number of pyridine rings is 1. The summed E-state index contributed by atoms with van der Waals surface area (Å²) in [6.07, 6.45) is 3.88. The Morgan fingerprint density at radius 1 is 1.04 bits per heavy atom. The number of piperazine rings is 1. The van der Waals surface area contributed by atoms with Gasteiger partial charge in [0.25, 0.3) is 5.56 Å². The van der Waals surface area contributed by atoms with Crippen LogP contribution in [0.1, 0.15) is 31.7 Å². The number of aromatic nitrogens is 1. The Bertz CT molecular complexity index is 770. The topological polar surface area (TPSA) is 39.3 Å². The fourth-order valence-corrected chi connectivity index (χ4v) is 3.75. The molecule has 2 aromatic rings. The molecular formula is C21H29Cl2N3O. The zero-order valence-corrected chi connectivity index (χ0v) is 17.5. The second kappa shape index (κ2) is 10.7. The molecule has 0 bridgehead atoms. The van der Waals surface area contributed by atoms with Crippen molar-refractivity contribution in [1.82, 2.24) is 9.88 Å². The third-order valence-corrected chi connectivity index (χ3v) is 5.41. The summed E-state index contributed by atoms with van der Waals surface area (Å²) in [5, 5.41) is 0. The first-order valence-corrected chi connectivity index (χ1v) is 10.1. The molecular weight excluding hydrogens is 381 g/mol. The van der Waals surface area contributed by atoms with E-state index in [4.69, 9.17) is 11.6 Å². The Labute approximate surface area is 172 Å². The van der Waals surface area contributed by atoms with E-state index in [1.807, 2.05) is 18.2 Å². The maximum atomic E-state index is 12.1. The van der Waals surface area contributed by atoms with Crippen LogP contribution in [0.3, 0.4) is 0 Å². The summed E-state index contributed by atoms with van der Waals surface area (Å²) in [7, 11) is 0. The summed E-state index contributed by atoms with van der Waals surface area (Å²) in [6, 6.07) is 12.1. The molecule has 1 aliphatic heterocycles. The molecule has 6 heteroatoms. The van der Waals surface area contributed by atoms with Crippen LogP contribution in [0.15, 0.2) is 41.2 Å². The minimum absolute atomic E-state index is 0. The van der Waals surface area contributed by atoms with Gasteiger partial charge in [-0.25, -0.2) is 0 Å². The van der Waals surface area contributed by atoms with E-state index < -0.39 is 0 Å². The fraction of sp³-hybridized carbons (Fsp3) is 0.476. The zero-order chi connectivity index (χ0) is 18.4. The van der Waals surface area contributed by atoms with Crippen molar-refractivity contribution < 1.29 is 0 Å². The molecule has 0 radical (unpaired) electrons. The van der Waals surface area contributed by atoms with Crippen LogP contribution >= 0.6 is 24.0 Å². The van der Waals surface area contributed by atoms with E-state index in [2.05, 4.69) is 39.9 Å². The summed E-state index contributed by atoms with van der Waals surface area (Å²) in [4.78, 5) is 20.1. The second-order valence-corrected chi connectivity index (χ2v) is 7.18. The van der Waals surface area contributed by atoms with Crippen molar-refractivity contribution in [3.8, 4) is 11.3 Å². The van der Waals surface area contributed by atoms with Gasteiger partial charge >= 0.3 is 0 Å². The number of alkyl halides is 1. The quantitative estimate of drug-likeness (QED) is 0.539. The highest BCUT2D eigenvalue weighted by atomic mass is 35.5. The summed E-state index contributed by atoms with van der Waals surface area (Å²) >= 11 is 5.81. The number of anilines is 1. The van der Waals surface area contributed by atoms with Gasteiger partial charge in [-0.05, 0) is 25.1 Å². The predicted molar refractivity (Wildman–Crippen MR) is 117 cm³/mol. The highest BCUT2D eigenvalue weighted by Gasteiger charge is 2.19. The van der Waals surface area contributed by atoms with Crippen LogP contribution in [0.25, 0.3) is 11.3 Å². The highest BCUT2D eigenvalue weighted by Crippen LogP contribution is 2.30. The number of unbranched alkanes of at least 4 members (excludes halogenated alkanes) is 2. The molecule has 0 aliphatic carbocycles. The molecule has 0 spiro atoms. The average molecular weight is 410 g/mol. The minimum Gasteiger partial charge on any atom is -0.368 e. The normalized spacial score (nSPS) is 14.8. The summed E-state index contributed by atoms with van der Waals surface area (Å²) in [6.45, 7) is 7.69. The lowest BCUT2D eigenvalue weighted by Gasteiger charge is -2.37. The Balaban J connectivity index is 0.00000261. The van der Waals surface area contributed by atoms with Crippen LogP contribution in [0.5, 0.6) is 0 Å². The largest absolute Gasteiger partial charge is 0.368 e. The number of nitrogens with zero attached hydrogens (tertiary/aromatic N) is 2. The molecule has 3 rings (SSSR count). The number of halogens is 2. The third-order valence-electron chi connectivity index (χ3n) is 5.12. The van der Waals surface area contributed by atoms with E-state index in [-0.39, 0.29) is 23.8 Å². The first-order valence-electron chi connectivity index (χ1n) is 9.57. The molecule has 4 nitrogen and oxygen atoms in total. The van der Waals surface area contributed by atoms with E-state index in [0.29, 0.717) is 5.56 Å². The zero-order valence-electron chi connectivity index (χ0n) is 15.9. The molecule has 27 heavy (non-hydrogen) atoms. The molecule has 1 N–H and O–H groups in total. The number of para-hydroxylation sites is 1. The van der Waals surface area contributed by atoms with Crippen LogP contribution in [0, 0.1) is 0 Å². The molecule has 2 heterocycles. The molecule has 0 unspecified atom stereocenters. The van der Waals surface area contributed by atoms with Crippen LogP contribution in [0.2, 0.25) is 0 Å². The smallest absolute Gasteiger partial charge is 0.252 e. The van der Waals surface area contributed by atoms with Crippen molar-refractivity contribution in [2.45, 2.75) is 32.1 Å². The van der Waals surface area contributed by atoms with Crippen molar-refractivity contribution in [3.05, 3.63) is 52.3 Å². The van der Waals surface area contributed by atoms with Gasteiger partial charge in [-0.1, -0.05) is 44.0 Å². The van der Waals surface area contributed by atoms with Crippen LogP contribution in [0.4, 0.5) is 5.69 Å². The first kappa shape index (κ1) is 21.8. The van der Waals surface area contributed by atoms with Gasteiger partial charge < -0.3 is 9.88 Å². The Hall–Kier alpha value is -1.49. The number of rotatable bonds is 7. The van der Waals surface area contributed by atoms with Gasteiger partial charge in [0.05, 0.1) is 11.6 Å². The van der Waals surface area contributed by atoms with Gasteiger partial charge in [0, 0.05) is 43.0 Å². The van der Waals surface area contributed by atoms with E-state index in [1.165, 1.54) is 31.5 Å². The van der Waals surface area contributed by atoms with Gasteiger partial charge in [0.2, 0.25) is 0 Å². The SMILES string of the molecule is CCCCCN1CCN(c2ccccc2-c2ccc(CCl)c(=O)[nH]2)CC1.Cl. The molecule has 148 valence electrons. The Morgan fingerprint density at radius 2 is 1.78 bits per heavy atom. The van der Waals surface area contributed by atoms with Crippen LogP contribution in [-0.2, 0) is 5.88 Å². The lowest BCUT2D eigenvalue weighted by molar-refractivity contribution is 0.253. The Kier molecular flexibility index (Phi) is 8.68. The molecule has 1 aromatic carbocycles. The maximum Gasteiger partial charge on any atom is 0.252 e. The number of hydrogen-bond acceptors (Lipinski definition) is 3. The maximum absolute atomic E-state index is 12.1. The van der Waals surface area contributed by atoms with Crippen molar-refractivity contribution in [3.63, 3.8) is 0 Å². The molecule has 1 saturated heterocycles. The lowest BCUT2D eigenvalue weighted by Crippen LogP contribution is -2.46. The Morgan fingerprint density at radius 3 is 2.44 bits per heavy atom. The van der Waals surface area contributed by atoms with Crippen molar-refractivity contribution in [1.29, 1.82) is 0 Å². The molecule has 0 saturated carbocycles. The molecule has 1 fully saturated rings.